The van der Waals surface area contributed by atoms with Crippen molar-refractivity contribution >= 4 is 29.1 Å². The smallest absolute Gasteiger partial charge is 0.194 e. The van der Waals surface area contributed by atoms with Crippen molar-refractivity contribution in [3.63, 3.8) is 0 Å². The maximum Gasteiger partial charge on any atom is 0.194 e. The molecule has 1 aliphatic rings. The highest BCUT2D eigenvalue weighted by Gasteiger charge is 2.26. The van der Waals surface area contributed by atoms with Crippen LogP contribution in [0.1, 0.15) is 19.3 Å². The molecule has 3 nitrogen and oxygen atoms in total. The average molecular weight is 181 g/mol. The minimum atomic E-state index is 0.116. The summed E-state index contributed by atoms with van der Waals surface area (Å²) in [6, 6.07) is 1.76. The lowest BCUT2D eigenvalue weighted by Crippen LogP contribution is -2.16. The van der Waals surface area contributed by atoms with Crippen LogP contribution >= 0.6 is 11.3 Å². The lowest BCUT2D eigenvalue weighted by molar-refractivity contribution is 0.101. The van der Waals surface area contributed by atoms with Gasteiger partial charge in [0, 0.05) is 7.05 Å². The summed E-state index contributed by atoms with van der Waals surface area (Å²) in [6.07, 6.45) is 0.782. The van der Waals surface area contributed by atoms with Gasteiger partial charge < -0.3 is 4.90 Å². The summed E-state index contributed by atoms with van der Waals surface area (Å²) in [5, 5.41) is 0. The van der Waals surface area contributed by atoms with Gasteiger partial charge in [-0.15, -0.1) is 11.3 Å². The van der Waals surface area contributed by atoms with E-state index in [1.165, 1.54) is 11.3 Å². The van der Waals surface area contributed by atoms with Crippen LogP contribution in [0.2, 0.25) is 0 Å². The van der Waals surface area contributed by atoms with E-state index in [0.29, 0.717) is 11.4 Å². The number of rotatable bonds is 1. The third-order valence-corrected chi connectivity index (χ3v) is 2.98. The molecule has 0 aromatic carbocycles. The number of Topliss-reactive ketones (excluding diaryl/α,β-unsaturated/α-hetero) is 1. The zero-order chi connectivity index (χ0) is 8.72. The summed E-state index contributed by atoms with van der Waals surface area (Å²) < 4.78 is 0. The predicted octanol–water partition coefficient (Wildman–Crippen LogP) is 1.19. The Morgan fingerprint density at radius 1 is 1.67 bits per heavy atom. The molecule has 0 bridgehead atoms. The van der Waals surface area contributed by atoms with E-state index in [1.807, 2.05) is 11.9 Å². The van der Waals surface area contributed by atoms with Crippen LogP contribution in [-0.4, -0.2) is 25.7 Å². The molecule has 1 aliphatic heterocycles. The molecule has 2 rings (SSSR count). The van der Waals surface area contributed by atoms with E-state index in [1.54, 1.807) is 6.07 Å². The second kappa shape index (κ2) is 2.42. The van der Waals surface area contributed by atoms with Crippen LogP contribution < -0.4 is 4.90 Å². The van der Waals surface area contributed by atoms with Crippen molar-refractivity contribution in [2.24, 2.45) is 0 Å². The number of carbonyl (C=O) groups is 2. The first kappa shape index (κ1) is 7.49. The molecule has 62 valence electrons. The Balaban J connectivity index is 2.55. The topological polar surface area (TPSA) is 37.4 Å². The second-order valence-electron chi connectivity index (χ2n) is 2.76. The van der Waals surface area contributed by atoms with Crippen molar-refractivity contribution in [1.82, 2.24) is 0 Å². The van der Waals surface area contributed by atoms with Gasteiger partial charge in [0.1, 0.15) is 0 Å². The summed E-state index contributed by atoms with van der Waals surface area (Å²) in [7, 11) is 1.85. The van der Waals surface area contributed by atoms with Gasteiger partial charge in [0.15, 0.2) is 12.1 Å². The fraction of sp³-hybridized carbons (Fsp3) is 0.250. The first-order valence-electron chi connectivity index (χ1n) is 3.55. The van der Waals surface area contributed by atoms with E-state index >= 15 is 0 Å². The Bertz CT molecular complexity index is 356. The van der Waals surface area contributed by atoms with Crippen LogP contribution in [0.3, 0.4) is 0 Å². The van der Waals surface area contributed by atoms with Gasteiger partial charge >= 0.3 is 0 Å². The molecule has 2 heterocycles. The molecule has 0 saturated heterocycles. The quantitative estimate of drug-likeness (QED) is 0.611. The number of hydrogen-bond donors (Lipinski definition) is 0. The van der Waals surface area contributed by atoms with E-state index < -0.39 is 0 Å². The average Bonchev–Trinajstić information content (AvgIpc) is 2.55. The minimum absolute atomic E-state index is 0.116. The summed E-state index contributed by atoms with van der Waals surface area (Å²) in [4.78, 5) is 24.9. The molecule has 12 heavy (non-hydrogen) atoms. The summed E-state index contributed by atoms with van der Waals surface area (Å²) in [5.41, 5.74) is 0.895. The molecule has 0 saturated carbocycles. The van der Waals surface area contributed by atoms with E-state index in [9.17, 15) is 9.59 Å². The molecule has 0 fully saturated rings. The summed E-state index contributed by atoms with van der Waals surface area (Å²) >= 11 is 1.27. The van der Waals surface area contributed by atoms with Gasteiger partial charge in [-0.3, -0.25) is 9.59 Å². The van der Waals surface area contributed by atoms with E-state index in [0.717, 1.165) is 16.9 Å². The fourth-order valence-corrected chi connectivity index (χ4v) is 2.27. The standard InChI is InChI=1S/C8H7NO2S/c1-9-3-7(11)8-6(9)2-5(4-10)12-8/h2,4H,3H2,1H3. The molecule has 0 N–H and O–H groups in total. The molecular formula is C8H7NO2S. The number of likely N-dealkylation sites (N-methyl/N-ethyl adjacent to an activating group) is 1. The highest BCUT2D eigenvalue weighted by atomic mass is 32.1. The third kappa shape index (κ3) is 0.881. The maximum atomic E-state index is 11.3. The van der Waals surface area contributed by atoms with Gasteiger partial charge in [-0.2, -0.15) is 0 Å². The second-order valence-corrected chi connectivity index (χ2v) is 3.84. The Morgan fingerprint density at radius 3 is 3.00 bits per heavy atom. The zero-order valence-corrected chi connectivity index (χ0v) is 7.35. The number of thiophene rings is 1. The van der Waals surface area contributed by atoms with Gasteiger partial charge in [0.05, 0.1) is 22.0 Å². The third-order valence-electron chi connectivity index (χ3n) is 1.89. The van der Waals surface area contributed by atoms with Crippen molar-refractivity contribution in [2.75, 3.05) is 18.5 Å². The maximum absolute atomic E-state index is 11.3. The highest BCUT2D eigenvalue weighted by molar-refractivity contribution is 7.16. The van der Waals surface area contributed by atoms with Crippen molar-refractivity contribution in [3.8, 4) is 0 Å². The van der Waals surface area contributed by atoms with E-state index in [2.05, 4.69) is 0 Å². The lowest BCUT2D eigenvalue weighted by atomic mass is 10.3. The Labute approximate surface area is 73.6 Å². The summed E-state index contributed by atoms with van der Waals surface area (Å²) in [5.74, 6) is 0.116. The molecular weight excluding hydrogens is 174 g/mol. The molecule has 4 heteroatoms. The molecule has 1 aromatic heterocycles. The van der Waals surface area contributed by atoms with Crippen LogP contribution in [-0.2, 0) is 0 Å². The molecule has 0 aliphatic carbocycles. The molecule has 0 amide bonds. The predicted molar refractivity (Wildman–Crippen MR) is 47.3 cm³/mol. The van der Waals surface area contributed by atoms with Crippen molar-refractivity contribution in [1.29, 1.82) is 0 Å². The Kier molecular flexibility index (Phi) is 1.51. The monoisotopic (exact) mass is 181 g/mol. The van der Waals surface area contributed by atoms with Crippen molar-refractivity contribution in [2.45, 2.75) is 0 Å². The van der Waals surface area contributed by atoms with Crippen LogP contribution in [0.25, 0.3) is 0 Å². The minimum Gasteiger partial charge on any atom is -0.366 e. The molecule has 0 radical (unpaired) electrons. The van der Waals surface area contributed by atoms with Crippen LogP contribution in [0.5, 0.6) is 0 Å². The van der Waals surface area contributed by atoms with Gasteiger partial charge in [0.2, 0.25) is 0 Å². The van der Waals surface area contributed by atoms with Gasteiger partial charge in [-0.1, -0.05) is 0 Å². The van der Waals surface area contributed by atoms with Crippen LogP contribution in [0.15, 0.2) is 6.07 Å². The number of aldehydes is 1. The first-order chi connectivity index (χ1) is 5.72. The van der Waals surface area contributed by atoms with Crippen LogP contribution in [0, 0.1) is 0 Å². The highest BCUT2D eigenvalue weighted by Crippen LogP contribution is 2.33. The molecule has 0 unspecified atom stereocenters. The Morgan fingerprint density at radius 2 is 2.42 bits per heavy atom. The molecule has 0 spiro atoms. The molecule has 0 atom stereocenters. The number of anilines is 1. The number of carbonyl (C=O) groups excluding carboxylic acids is 2. The lowest BCUT2D eigenvalue weighted by Gasteiger charge is -2.06. The number of hydrogen-bond acceptors (Lipinski definition) is 4. The number of nitrogens with zero attached hydrogens (tertiary/aromatic N) is 1. The van der Waals surface area contributed by atoms with Gasteiger partial charge in [0.25, 0.3) is 0 Å². The Hall–Kier alpha value is -1.16. The normalized spacial score (nSPS) is 15.1. The van der Waals surface area contributed by atoms with E-state index in [-0.39, 0.29) is 5.78 Å². The zero-order valence-electron chi connectivity index (χ0n) is 6.53. The van der Waals surface area contributed by atoms with Crippen LogP contribution in [0.4, 0.5) is 5.69 Å². The van der Waals surface area contributed by atoms with Crippen molar-refractivity contribution < 1.29 is 9.59 Å². The fourth-order valence-electron chi connectivity index (χ4n) is 1.31. The van der Waals surface area contributed by atoms with Gasteiger partial charge in [-0.25, -0.2) is 0 Å². The SMILES string of the molecule is CN1CC(=O)c2sc(C=O)cc21. The molecule has 1 aromatic rings. The first-order valence-corrected chi connectivity index (χ1v) is 4.37. The number of fused-ring (bicyclic) bond motifs is 1. The largest absolute Gasteiger partial charge is 0.366 e. The van der Waals surface area contributed by atoms with Gasteiger partial charge in [-0.05, 0) is 6.07 Å². The number of ketones is 1. The summed E-state index contributed by atoms with van der Waals surface area (Å²) in [6.45, 7) is 0.445. The van der Waals surface area contributed by atoms with E-state index in [4.69, 9.17) is 0 Å². The van der Waals surface area contributed by atoms with Crippen molar-refractivity contribution in [3.05, 3.63) is 15.8 Å².